The van der Waals surface area contributed by atoms with Gasteiger partial charge in [0.05, 0.1) is 5.69 Å². The molecule has 2 unspecified atom stereocenters. The van der Waals surface area contributed by atoms with Crippen molar-refractivity contribution in [3.63, 3.8) is 0 Å². The molecule has 1 saturated carbocycles. The van der Waals surface area contributed by atoms with E-state index >= 15 is 0 Å². The summed E-state index contributed by atoms with van der Waals surface area (Å²) in [6, 6.07) is 0.565. The van der Waals surface area contributed by atoms with E-state index in [9.17, 15) is 0 Å². The molecule has 1 aliphatic carbocycles. The molecule has 1 heterocycles. The highest BCUT2D eigenvalue weighted by Crippen LogP contribution is 2.30. The van der Waals surface area contributed by atoms with E-state index in [-0.39, 0.29) is 0 Å². The van der Waals surface area contributed by atoms with Crippen LogP contribution < -0.4 is 5.32 Å². The molecule has 0 aromatic carbocycles. The third kappa shape index (κ3) is 2.43. The Morgan fingerprint density at radius 1 is 1.33 bits per heavy atom. The second-order valence-corrected chi connectivity index (χ2v) is 5.02. The zero-order valence-corrected chi connectivity index (χ0v) is 10.0. The first-order valence-corrected chi connectivity index (χ1v) is 6.67. The Morgan fingerprint density at radius 3 is 2.87 bits per heavy atom. The third-order valence-corrected chi connectivity index (χ3v) is 4.13. The molecule has 0 saturated heterocycles. The van der Waals surface area contributed by atoms with Crippen molar-refractivity contribution in [2.75, 3.05) is 11.6 Å². The number of hydrogen-bond donors (Lipinski definition) is 1. The summed E-state index contributed by atoms with van der Waals surface area (Å²) in [7, 11) is 0. The fourth-order valence-corrected chi connectivity index (χ4v) is 3.03. The van der Waals surface area contributed by atoms with Gasteiger partial charge in [0, 0.05) is 23.7 Å². The Balaban J connectivity index is 2.05. The summed E-state index contributed by atoms with van der Waals surface area (Å²) in [6.07, 6.45) is 9.57. The quantitative estimate of drug-likeness (QED) is 0.854. The van der Waals surface area contributed by atoms with E-state index in [2.05, 4.69) is 21.5 Å². The molecule has 2 atom stereocenters. The number of hydrogen-bond acceptors (Lipinski definition) is 4. The van der Waals surface area contributed by atoms with Crippen molar-refractivity contribution in [2.45, 2.75) is 37.5 Å². The van der Waals surface area contributed by atoms with Gasteiger partial charge in [-0.15, -0.1) is 0 Å². The molecule has 0 spiro atoms. The van der Waals surface area contributed by atoms with Crippen LogP contribution in [0, 0.1) is 6.92 Å². The van der Waals surface area contributed by atoms with Crippen LogP contribution in [0.5, 0.6) is 0 Å². The molecule has 2 rings (SSSR count). The van der Waals surface area contributed by atoms with Gasteiger partial charge in [-0.1, -0.05) is 6.42 Å². The smallest absolute Gasteiger partial charge is 0.147 e. The molecule has 15 heavy (non-hydrogen) atoms. The first-order valence-electron chi connectivity index (χ1n) is 5.38. The number of nitrogens with one attached hydrogen (secondary N) is 1. The van der Waals surface area contributed by atoms with E-state index in [1.54, 1.807) is 12.4 Å². The zero-order chi connectivity index (χ0) is 10.7. The Kier molecular flexibility index (Phi) is 3.46. The van der Waals surface area contributed by atoms with Gasteiger partial charge in [-0.05, 0) is 26.0 Å². The Morgan fingerprint density at radius 2 is 2.13 bits per heavy atom. The average molecular weight is 223 g/mol. The second kappa shape index (κ2) is 4.84. The summed E-state index contributed by atoms with van der Waals surface area (Å²) in [5.74, 6) is 0.948. The van der Waals surface area contributed by atoms with Gasteiger partial charge in [0.25, 0.3) is 0 Å². The Hall–Kier alpha value is -0.770. The summed E-state index contributed by atoms with van der Waals surface area (Å²) in [4.78, 5) is 8.57. The van der Waals surface area contributed by atoms with Gasteiger partial charge >= 0.3 is 0 Å². The van der Waals surface area contributed by atoms with E-state index in [0.717, 1.165) is 16.8 Å². The lowest BCUT2D eigenvalue weighted by atomic mass is 10.2. The van der Waals surface area contributed by atoms with Crippen LogP contribution in [0.3, 0.4) is 0 Å². The number of nitrogens with zero attached hydrogens (tertiary/aromatic N) is 2. The van der Waals surface area contributed by atoms with Crippen LogP contribution in [-0.2, 0) is 0 Å². The maximum Gasteiger partial charge on any atom is 0.147 e. The van der Waals surface area contributed by atoms with Crippen molar-refractivity contribution in [2.24, 2.45) is 0 Å². The number of anilines is 1. The van der Waals surface area contributed by atoms with E-state index in [1.807, 2.05) is 18.7 Å². The summed E-state index contributed by atoms with van der Waals surface area (Å²) >= 11 is 1.95. The molecule has 3 nitrogen and oxygen atoms in total. The molecule has 1 aromatic rings. The van der Waals surface area contributed by atoms with Crippen LogP contribution in [-0.4, -0.2) is 27.5 Å². The molecular formula is C11H17N3S. The minimum absolute atomic E-state index is 0.565. The highest BCUT2D eigenvalue weighted by molar-refractivity contribution is 7.99. The van der Waals surface area contributed by atoms with Gasteiger partial charge in [-0.2, -0.15) is 11.8 Å². The number of aromatic nitrogens is 2. The molecule has 0 aliphatic heterocycles. The number of aryl methyl sites for hydroxylation is 1. The fraction of sp³-hybridized carbons (Fsp3) is 0.636. The highest BCUT2D eigenvalue weighted by Gasteiger charge is 2.26. The molecular weight excluding hydrogens is 206 g/mol. The minimum Gasteiger partial charge on any atom is -0.365 e. The van der Waals surface area contributed by atoms with E-state index in [0.29, 0.717) is 6.04 Å². The summed E-state index contributed by atoms with van der Waals surface area (Å²) in [5.41, 5.74) is 0.990. The number of thioether (sulfide) groups is 1. The van der Waals surface area contributed by atoms with E-state index in [1.165, 1.54) is 19.3 Å². The lowest BCUT2D eigenvalue weighted by molar-refractivity contribution is 0.760. The molecule has 0 amide bonds. The maximum absolute atomic E-state index is 4.33. The van der Waals surface area contributed by atoms with Crippen LogP contribution >= 0.6 is 11.8 Å². The molecule has 4 heteroatoms. The maximum atomic E-state index is 4.33. The summed E-state index contributed by atoms with van der Waals surface area (Å²) in [5, 5.41) is 4.24. The molecule has 0 radical (unpaired) electrons. The predicted molar refractivity (Wildman–Crippen MR) is 65.3 cm³/mol. The van der Waals surface area contributed by atoms with Gasteiger partial charge in [0.15, 0.2) is 0 Å². The van der Waals surface area contributed by atoms with Crippen LogP contribution in [0.25, 0.3) is 0 Å². The van der Waals surface area contributed by atoms with Gasteiger partial charge in [0.1, 0.15) is 5.82 Å². The van der Waals surface area contributed by atoms with Crippen molar-refractivity contribution < 1.29 is 0 Å². The van der Waals surface area contributed by atoms with E-state index in [4.69, 9.17) is 0 Å². The topological polar surface area (TPSA) is 37.8 Å². The number of rotatable bonds is 3. The average Bonchev–Trinajstić information content (AvgIpc) is 2.69. The molecule has 1 aromatic heterocycles. The molecule has 82 valence electrons. The van der Waals surface area contributed by atoms with Gasteiger partial charge in [-0.25, -0.2) is 4.98 Å². The SMILES string of the molecule is CSC1CCCC1Nc1nccnc1C. The lowest BCUT2D eigenvalue weighted by Crippen LogP contribution is -2.26. The van der Waals surface area contributed by atoms with Gasteiger partial charge in [0.2, 0.25) is 0 Å². The minimum atomic E-state index is 0.565. The van der Waals surface area contributed by atoms with Crippen molar-refractivity contribution in [3.8, 4) is 0 Å². The van der Waals surface area contributed by atoms with Crippen molar-refractivity contribution in [1.29, 1.82) is 0 Å². The fourth-order valence-electron chi connectivity index (χ4n) is 2.10. The molecule has 1 N–H and O–H groups in total. The van der Waals surface area contributed by atoms with E-state index < -0.39 is 0 Å². The van der Waals surface area contributed by atoms with Crippen molar-refractivity contribution in [3.05, 3.63) is 18.1 Å². The monoisotopic (exact) mass is 223 g/mol. The van der Waals surface area contributed by atoms with Crippen LogP contribution in [0.4, 0.5) is 5.82 Å². The zero-order valence-electron chi connectivity index (χ0n) is 9.23. The summed E-state index contributed by atoms with van der Waals surface area (Å²) < 4.78 is 0. The highest BCUT2D eigenvalue weighted by atomic mass is 32.2. The normalized spacial score (nSPS) is 25.5. The lowest BCUT2D eigenvalue weighted by Gasteiger charge is -2.20. The van der Waals surface area contributed by atoms with Crippen LogP contribution in [0.15, 0.2) is 12.4 Å². The van der Waals surface area contributed by atoms with Gasteiger partial charge < -0.3 is 5.32 Å². The largest absolute Gasteiger partial charge is 0.365 e. The Labute approximate surface area is 95.1 Å². The third-order valence-electron chi connectivity index (χ3n) is 2.96. The standard InChI is InChI=1S/C11H17N3S/c1-8-11(13-7-6-12-8)14-9-4-3-5-10(9)15-2/h6-7,9-10H,3-5H2,1-2H3,(H,13,14). The van der Waals surface area contributed by atoms with Crippen LogP contribution in [0.2, 0.25) is 0 Å². The van der Waals surface area contributed by atoms with Crippen LogP contribution in [0.1, 0.15) is 25.0 Å². The summed E-state index contributed by atoms with van der Waals surface area (Å²) in [6.45, 7) is 2.00. The molecule has 1 fully saturated rings. The first kappa shape index (κ1) is 10.7. The first-order chi connectivity index (χ1) is 7.31. The van der Waals surface area contributed by atoms with Gasteiger partial charge in [-0.3, -0.25) is 4.98 Å². The Bertz CT molecular complexity index is 329. The van der Waals surface area contributed by atoms with Crippen molar-refractivity contribution in [1.82, 2.24) is 9.97 Å². The molecule has 0 bridgehead atoms. The van der Waals surface area contributed by atoms with Crippen molar-refractivity contribution >= 4 is 17.6 Å². The molecule has 1 aliphatic rings. The second-order valence-electron chi connectivity index (χ2n) is 3.95. The predicted octanol–water partition coefficient (Wildman–Crippen LogP) is 2.48.